The second-order valence-corrected chi connectivity index (χ2v) is 6.77. The van der Waals surface area contributed by atoms with Gasteiger partial charge in [0.1, 0.15) is 23.7 Å². The molecule has 158 valence electrons. The fraction of sp³-hybridized carbons (Fsp3) is 0.300. The molecule has 1 unspecified atom stereocenters. The van der Waals surface area contributed by atoms with Crippen LogP contribution in [0.2, 0.25) is 0 Å². The number of benzene rings is 1. The standard InChI is InChI=1S/C20H19ClN2O7/c1-5-8-28-17(24)16-11-10-20(2,18(21)25)30-12(11)6-7-13(16)29-19-22-14(26-3)9-15(23-19)27-4/h5-7,9H,1,8,10H2,2-4H3. The van der Waals surface area contributed by atoms with E-state index in [0.717, 1.165) is 0 Å². The maximum absolute atomic E-state index is 12.8. The Kier molecular flexibility index (Phi) is 6.12. The Balaban J connectivity index is 2.07. The lowest BCUT2D eigenvalue weighted by atomic mass is 9.96. The van der Waals surface area contributed by atoms with E-state index in [2.05, 4.69) is 16.5 Å². The zero-order chi connectivity index (χ0) is 21.9. The van der Waals surface area contributed by atoms with Gasteiger partial charge >= 0.3 is 12.0 Å². The average Bonchev–Trinajstić information content (AvgIpc) is 3.09. The topological polar surface area (TPSA) is 106 Å². The van der Waals surface area contributed by atoms with Crippen molar-refractivity contribution >= 4 is 22.8 Å². The number of ether oxygens (including phenoxy) is 5. The second kappa shape index (κ2) is 8.58. The van der Waals surface area contributed by atoms with E-state index in [-0.39, 0.29) is 42.1 Å². The first-order chi connectivity index (χ1) is 14.3. The Morgan fingerprint density at radius 3 is 2.50 bits per heavy atom. The number of carbonyl (C=O) groups is 2. The highest BCUT2D eigenvalue weighted by Gasteiger charge is 2.44. The third kappa shape index (κ3) is 4.16. The Bertz CT molecular complexity index is 989. The molecule has 0 bridgehead atoms. The van der Waals surface area contributed by atoms with Crippen LogP contribution in [0, 0.1) is 0 Å². The molecule has 10 heteroatoms. The van der Waals surface area contributed by atoms with Crippen molar-refractivity contribution in [2.45, 2.75) is 18.9 Å². The molecule has 0 spiro atoms. The van der Waals surface area contributed by atoms with Crippen LogP contribution in [0.1, 0.15) is 22.8 Å². The number of nitrogens with zero attached hydrogens (tertiary/aromatic N) is 2. The molecule has 0 N–H and O–H groups in total. The molecule has 2 aromatic rings. The van der Waals surface area contributed by atoms with Crippen LogP contribution in [-0.2, 0) is 16.0 Å². The van der Waals surface area contributed by atoms with Crippen molar-refractivity contribution < 1.29 is 33.3 Å². The number of fused-ring (bicyclic) bond motifs is 1. The van der Waals surface area contributed by atoms with Crippen LogP contribution in [0.4, 0.5) is 0 Å². The minimum absolute atomic E-state index is 0.0159. The Morgan fingerprint density at radius 1 is 1.27 bits per heavy atom. The third-order valence-electron chi connectivity index (χ3n) is 4.31. The average molecular weight is 435 g/mol. The zero-order valence-electron chi connectivity index (χ0n) is 16.6. The first-order valence-electron chi connectivity index (χ1n) is 8.79. The molecule has 1 atom stereocenters. The van der Waals surface area contributed by atoms with Crippen molar-refractivity contribution in [3.63, 3.8) is 0 Å². The van der Waals surface area contributed by atoms with Gasteiger partial charge in [0.25, 0.3) is 5.24 Å². The van der Waals surface area contributed by atoms with Gasteiger partial charge in [0, 0.05) is 12.0 Å². The quantitative estimate of drug-likeness (QED) is 0.352. The summed E-state index contributed by atoms with van der Waals surface area (Å²) in [6.45, 7) is 5.05. The van der Waals surface area contributed by atoms with E-state index >= 15 is 0 Å². The van der Waals surface area contributed by atoms with E-state index in [9.17, 15) is 9.59 Å². The van der Waals surface area contributed by atoms with E-state index < -0.39 is 16.8 Å². The van der Waals surface area contributed by atoms with Crippen LogP contribution in [0.5, 0.6) is 29.3 Å². The summed E-state index contributed by atoms with van der Waals surface area (Å²) < 4.78 is 26.9. The Labute approximate surface area is 177 Å². The summed E-state index contributed by atoms with van der Waals surface area (Å²) in [5.41, 5.74) is -0.819. The predicted octanol–water partition coefficient (Wildman–Crippen LogP) is 3.09. The summed E-state index contributed by atoms with van der Waals surface area (Å²) in [5.74, 6) is 0.155. The number of halogens is 1. The molecule has 0 amide bonds. The highest BCUT2D eigenvalue weighted by Crippen LogP contribution is 2.43. The van der Waals surface area contributed by atoms with E-state index in [0.29, 0.717) is 11.3 Å². The number of esters is 1. The van der Waals surface area contributed by atoms with Crippen LogP contribution in [0.3, 0.4) is 0 Å². The molecule has 2 heterocycles. The number of carbonyl (C=O) groups excluding carboxylic acids is 2. The van der Waals surface area contributed by atoms with Crippen LogP contribution >= 0.6 is 11.6 Å². The Morgan fingerprint density at radius 2 is 1.93 bits per heavy atom. The Hall–Kier alpha value is -3.33. The summed E-state index contributed by atoms with van der Waals surface area (Å²) in [5, 5.41) is -0.688. The van der Waals surface area contributed by atoms with Crippen LogP contribution < -0.4 is 18.9 Å². The van der Waals surface area contributed by atoms with Crippen molar-refractivity contribution in [1.29, 1.82) is 0 Å². The van der Waals surface area contributed by atoms with E-state index in [4.69, 9.17) is 35.3 Å². The molecule has 30 heavy (non-hydrogen) atoms. The van der Waals surface area contributed by atoms with Crippen molar-refractivity contribution in [3.8, 4) is 29.3 Å². The minimum atomic E-state index is -1.31. The van der Waals surface area contributed by atoms with Crippen molar-refractivity contribution in [3.05, 3.63) is 42.0 Å². The van der Waals surface area contributed by atoms with Crippen molar-refractivity contribution in [1.82, 2.24) is 9.97 Å². The number of hydrogen-bond donors (Lipinski definition) is 0. The van der Waals surface area contributed by atoms with Gasteiger partial charge in [-0.15, -0.1) is 0 Å². The maximum atomic E-state index is 12.8. The van der Waals surface area contributed by atoms with Gasteiger partial charge in [0.15, 0.2) is 5.60 Å². The second-order valence-electron chi connectivity index (χ2n) is 6.42. The first kappa shape index (κ1) is 21.4. The highest BCUT2D eigenvalue weighted by atomic mass is 35.5. The molecule has 3 rings (SSSR count). The fourth-order valence-corrected chi connectivity index (χ4v) is 2.96. The molecule has 1 aromatic carbocycles. The summed E-state index contributed by atoms with van der Waals surface area (Å²) in [6.07, 6.45) is 1.49. The zero-order valence-corrected chi connectivity index (χ0v) is 17.3. The number of methoxy groups -OCH3 is 2. The molecule has 1 aromatic heterocycles. The van der Waals surface area contributed by atoms with Crippen molar-refractivity contribution in [2.24, 2.45) is 0 Å². The van der Waals surface area contributed by atoms with Crippen molar-refractivity contribution in [2.75, 3.05) is 20.8 Å². The molecule has 0 aliphatic carbocycles. The van der Waals surface area contributed by atoms with Gasteiger partial charge in [-0.05, 0) is 30.7 Å². The molecule has 0 radical (unpaired) electrons. The largest absolute Gasteiger partial charge is 0.481 e. The smallest absolute Gasteiger partial charge is 0.342 e. The molecule has 1 aliphatic heterocycles. The molecule has 0 fully saturated rings. The highest BCUT2D eigenvalue weighted by molar-refractivity contribution is 6.65. The van der Waals surface area contributed by atoms with E-state index in [1.165, 1.54) is 39.4 Å². The first-order valence-corrected chi connectivity index (χ1v) is 9.17. The normalized spacial score (nSPS) is 16.8. The molecule has 0 saturated heterocycles. The van der Waals surface area contributed by atoms with Gasteiger partial charge in [0.2, 0.25) is 11.8 Å². The maximum Gasteiger partial charge on any atom is 0.342 e. The number of hydrogen-bond acceptors (Lipinski definition) is 9. The van der Waals surface area contributed by atoms with E-state index in [1.54, 1.807) is 6.07 Å². The number of aromatic nitrogens is 2. The predicted molar refractivity (Wildman–Crippen MR) is 106 cm³/mol. The lowest BCUT2D eigenvalue weighted by Gasteiger charge is -2.17. The molecule has 1 aliphatic rings. The van der Waals surface area contributed by atoms with Gasteiger partial charge in [0.05, 0.1) is 20.3 Å². The van der Waals surface area contributed by atoms with Crippen LogP contribution in [0.25, 0.3) is 0 Å². The third-order valence-corrected chi connectivity index (χ3v) is 4.71. The van der Waals surface area contributed by atoms with Gasteiger partial charge in [-0.2, -0.15) is 9.97 Å². The number of rotatable bonds is 8. The molecule has 9 nitrogen and oxygen atoms in total. The van der Waals surface area contributed by atoms with Crippen LogP contribution in [0.15, 0.2) is 30.9 Å². The van der Waals surface area contributed by atoms with Gasteiger partial charge < -0.3 is 23.7 Å². The minimum Gasteiger partial charge on any atom is -0.481 e. The fourth-order valence-electron chi connectivity index (χ4n) is 2.86. The summed E-state index contributed by atoms with van der Waals surface area (Å²) in [7, 11) is 2.86. The molecule has 0 saturated carbocycles. The summed E-state index contributed by atoms with van der Waals surface area (Å²) >= 11 is 5.69. The SMILES string of the molecule is C=CCOC(=O)c1c(Oc2nc(OC)cc(OC)n2)ccc2c1CC(C)(C(=O)Cl)O2. The van der Waals surface area contributed by atoms with Gasteiger partial charge in [-0.3, -0.25) is 4.79 Å². The van der Waals surface area contributed by atoms with Gasteiger partial charge in [-0.1, -0.05) is 12.7 Å². The van der Waals surface area contributed by atoms with E-state index in [1.807, 2.05) is 0 Å². The lowest BCUT2D eigenvalue weighted by Crippen LogP contribution is -2.37. The molecular weight excluding hydrogens is 416 g/mol. The summed E-state index contributed by atoms with van der Waals surface area (Å²) in [6, 6.07) is 4.42. The van der Waals surface area contributed by atoms with Gasteiger partial charge in [-0.25, -0.2) is 4.79 Å². The summed E-state index contributed by atoms with van der Waals surface area (Å²) in [4.78, 5) is 32.8. The monoisotopic (exact) mass is 434 g/mol. The lowest BCUT2D eigenvalue weighted by molar-refractivity contribution is -0.123. The molecular formula is C20H19ClN2O7. The van der Waals surface area contributed by atoms with Crippen LogP contribution in [-0.4, -0.2) is 47.6 Å².